The summed E-state index contributed by atoms with van der Waals surface area (Å²) in [5.41, 5.74) is 3.36. The molecule has 0 N–H and O–H groups in total. The Kier molecular flexibility index (Phi) is 3.88. The Labute approximate surface area is 129 Å². The molecule has 2 aromatic rings. The summed E-state index contributed by atoms with van der Waals surface area (Å²) in [6.07, 6.45) is 4.66. The lowest BCUT2D eigenvalue weighted by Crippen LogP contribution is -2.30. The van der Waals surface area contributed by atoms with E-state index >= 15 is 0 Å². The van der Waals surface area contributed by atoms with E-state index in [0.29, 0.717) is 24.1 Å². The molecule has 1 aliphatic rings. The third kappa shape index (κ3) is 2.70. The van der Waals surface area contributed by atoms with Gasteiger partial charge in [-0.05, 0) is 31.0 Å². The number of aryl methyl sites for hydroxylation is 1. The van der Waals surface area contributed by atoms with Gasteiger partial charge in [0.05, 0.1) is 11.1 Å². The second kappa shape index (κ2) is 5.98. The lowest BCUT2D eigenvalue weighted by molar-refractivity contribution is 0.0657. The Balaban J connectivity index is 1.62. The van der Waals surface area contributed by atoms with Gasteiger partial charge in [0.2, 0.25) is 0 Å². The van der Waals surface area contributed by atoms with Crippen molar-refractivity contribution >= 4 is 17.9 Å². The summed E-state index contributed by atoms with van der Waals surface area (Å²) in [7, 11) is 0. The molecule has 0 saturated heterocycles. The topological polar surface area (TPSA) is 37.4 Å². The van der Waals surface area contributed by atoms with Gasteiger partial charge < -0.3 is 0 Å². The van der Waals surface area contributed by atoms with Crippen LogP contribution in [0.5, 0.6) is 0 Å². The van der Waals surface area contributed by atoms with Gasteiger partial charge in [-0.2, -0.15) is 0 Å². The van der Waals surface area contributed by atoms with E-state index in [2.05, 4.69) is 19.1 Å². The Morgan fingerprint density at radius 3 is 2.09 bits per heavy atom. The highest BCUT2D eigenvalue weighted by Crippen LogP contribution is 2.22. The third-order valence-electron chi connectivity index (χ3n) is 3.79. The van der Waals surface area contributed by atoms with Crippen molar-refractivity contribution in [2.24, 2.45) is 0 Å². The zero-order valence-electron chi connectivity index (χ0n) is 12.5. The smallest absolute Gasteiger partial charge is 0.261 e. The first-order chi connectivity index (χ1) is 10.7. The average molecular weight is 291 g/mol. The molecule has 22 heavy (non-hydrogen) atoms. The average Bonchev–Trinajstić information content (AvgIpc) is 2.78. The number of carbonyl (C=O) groups is 2. The van der Waals surface area contributed by atoms with Crippen molar-refractivity contribution in [3.63, 3.8) is 0 Å². The summed E-state index contributed by atoms with van der Waals surface area (Å²) in [6.45, 7) is 2.46. The zero-order chi connectivity index (χ0) is 15.5. The predicted molar refractivity (Wildman–Crippen MR) is 86.6 cm³/mol. The maximum absolute atomic E-state index is 12.2. The molecule has 0 bridgehead atoms. The van der Waals surface area contributed by atoms with Crippen molar-refractivity contribution in [1.82, 2.24) is 4.90 Å². The van der Waals surface area contributed by atoms with Gasteiger partial charge in [0.15, 0.2) is 0 Å². The van der Waals surface area contributed by atoms with Gasteiger partial charge in [-0.3, -0.25) is 14.5 Å². The maximum Gasteiger partial charge on any atom is 0.261 e. The van der Waals surface area contributed by atoms with E-state index in [4.69, 9.17) is 0 Å². The quantitative estimate of drug-likeness (QED) is 0.806. The second-order valence-electron chi connectivity index (χ2n) is 5.41. The van der Waals surface area contributed by atoms with E-state index in [1.165, 1.54) is 10.5 Å². The minimum atomic E-state index is -0.190. The number of hydrogen-bond acceptors (Lipinski definition) is 2. The maximum atomic E-state index is 12.2. The number of imide groups is 1. The highest BCUT2D eigenvalue weighted by molar-refractivity contribution is 6.21. The lowest BCUT2D eigenvalue weighted by atomic mass is 10.1. The molecule has 0 fully saturated rings. The van der Waals surface area contributed by atoms with Gasteiger partial charge >= 0.3 is 0 Å². The van der Waals surface area contributed by atoms with Gasteiger partial charge in [0.25, 0.3) is 11.8 Å². The van der Waals surface area contributed by atoms with Crippen molar-refractivity contribution in [3.8, 4) is 0 Å². The number of rotatable bonds is 4. The number of carbonyl (C=O) groups excluding carboxylic acids is 2. The SMILES string of the molecule is Cc1ccc(/C=C/CCN2C(=O)c3ccccc3C2=O)cc1. The molecule has 0 spiro atoms. The van der Waals surface area contributed by atoms with Crippen LogP contribution in [-0.4, -0.2) is 23.3 Å². The summed E-state index contributed by atoms with van der Waals surface area (Å²) in [4.78, 5) is 25.7. The summed E-state index contributed by atoms with van der Waals surface area (Å²) in [6, 6.07) is 15.2. The van der Waals surface area contributed by atoms with Crippen LogP contribution in [0, 0.1) is 6.92 Å². The lowest BCUT2D eigenvalue weighted by Gasteiger charge is -2.11. The Hall–Kier alpha value is -2.68. The van der Waals surface area contributed by atoms with Crippen LogP contribution < -0.4 is 0 Å². The molecule has 0 atom stereocenters. The Bertz CT molecular complexity index is 709. The molecule has 0 aromatic heterocycles. The fourth-order valence-electron chi connectivity index (χ4n) is 2.54. The molecule has 0 unspecified atom stereocenters. The first kappa shape index (κ1) is 14.3. The van der Waals surface area contributed by atoms with Crippen LogP contribution >= 0.6 is 0 Å². The van der Waals surface area contributed by atoms with E-state index in [9.17, 15) is 9.59 Å². The van der Waals surface area contributed by atoms with Crippen molar-refractivity contribution in [2.45, 2.75) is 13.3 Å². The monoisotopic (exact) mass is 291 g/mol. The van der Waals surface area contributed by atoms with E-state index in [1.807, 2.05) is 24.3 Å². The Morgan fingerprint density at radius 2 is 1.50 bits per heavy atom. The molecule has 2 aromatic carbocycles. The first-order valence-corrected chi connectivity index (χ1v) is 7.35. The van der Waals surface area contributed by atoms with Crippen LogP contribution in [0.3, 0.4) is 0 Å². The molecule has 110 valence electrons. The predicted octanol–water partition coefficient (Wildman–Crippen LogP) is 3.69. The number of hydrogen-bond donors (Lipinski definition) is 0. The molecular formula is C19H17NO2. The van der Waals surface area contributed by atoms with Gasteiger partial charge in [0.1, 0.15) is 0 Å². The standard InChI is InChI=1S/C19H17NO2/c1-14-9-11-15(12-10-14)6-4-5-13-20-18(21)16-7-2-3-8-17(16)19(20)22/h2-4,6-12H,5,13H2,1H3/b6-4+. The normalized spacial score (nSPS) is 14.0. The molecule has 0 saturated carbocycles. The molecule has 3 heteroatoms. The van der Waals surface area contributed by atoms with E-state index in [1.54, 1.807) is 24.3 Å². The molecular weight excluding hydrogens is 274 g/mol. The van der Waals surface area contributed by atoms with Crippen LogP contribution in [-0.2, 0) is 0 Å². The summed E-state index contributed by atoms with van der Waals surface area (Å²) >= 11 is 0. The van der Waals surface area contributed by atoms with Crippen LogP contribution in [0.4, 0.5) is 0 Å². The minimum Gasteiger partial charge on any atom is -0.274 e. The second-order valence-corrected chi connectivity index (χ2v) is 5.41. The molecule has 0 aliphatic carbocycles. The number of amides is 2. The fraction of sp³-hybridized carbons (Fsp3) is 0.158. The minimum absolute atomic E-state index is 0.190. The van der Waals surface area contributed by atoms with Crippen LogP contribution in [0.2, 0.25) is 0 Å². The van der Waals surface area contributed by atoms with E-state index in [0.717, 1.165) is 5.56 Å². The third-order valence-corrected chi connectivity index (χ3v) is 3.79. The molecule has 0 radical (unpaired) electrons. The first-order valence-electron chi connectivity index (χ1n) is 7.35. The van der Waals surface area contributed by atoms with Gasteiger partial charge in [-0.15, -0.1) is 0 Å². The van der Waals surface area contributed by atoms with Crippen molar-refractivity contribution < 1.29 is 9.59 Å². The zero-order valence-corrected chi connectivity index (χ0v) is 12.5. The highest BCUT2D eigenvalue weighted by atomic mass is 16.2. The molecule has 1 heterocycles. The summed E-state index contributed by atoms with van der Waals surface area (Å²) in [5.74, 6) is -0.381. The molecule has 2 amide bonds. The van der Waals surface area contributed by atoms with Crippen LogP contribution in [0.25, 0.3) is 6.08 Å². The number of nitrogens with zero attached hydrogens (tertiary/aromatic N) is 1. The number of benzene rings is 2. The van der Waals surface area contributed by atoms with Crippen molar-refractivity contribution in [3.05, 3.63) is 76.9 Å². The largest absolute Gasteiger partial charge is 0.274 e. The summed E-state index contributed by atoms with van der Waals surface area (Å²) < 4.78 is 0. The molecule has 1 aliphatic heterocycles. The molecule has 3 rings (SSSR count). The van der Waals surface area contributed by atoms with Gasteiger partial charge in [-0.25, -0.2) is 0 Å². The fourth-order valence-corrected chi connectivity index (χ4v) is 2.54. The van der Waals surface area contributed by atoms with Crippen LogP contribution in [0.1, 0.15) is 38.3 Å². The van der Waals surface area contributed by atoms with E-state index < -0.39 is 0 Å². The van der Waals surface area contributed by atoms with Crippen molar-refractivity contribution in [1.29, 1.82) is 0 Å². The van der Waals surface area contributed by atoms with E-state index in [-0.39, 0.29) is 11.8 Å². The number of fused-ring (bicyclic) bond motifs is 1. The Morgan fingerprint density at radius 1 is 0.909 bits per heavy atom. The van der Waals surface area contributed by atoms with Crippen LogP contribution in [0.15, 0.2) is 54.6 Å². The molecule has 3 nitrogen and oxygen atoms in total. The van der Waals surface area contributed by atoms with Gasteiger partial charge in [-0.1, -0.05) is 54.1 Å². The summed E-state index contributed by atoms with van der Waals surface area (Å²) in [5, 5.41) is 0. The highest BCUT2D eigenvalue weighted by Gasteiger charge is 2.34. The van der Waals surface area contributed by atoms with Gasteiger partial charge in [0, 0.05) is 6.54 Å². The van der Waals surface area contributed by atoms with Crippen molar-refractivity contribution in [2.75, 3.05) is 6.54 Å².